The normalized spacial score (nSPS) is 11.1. The van der Waals surface area contributed by atoms with Crippen molar-refractivity contribution in [1.29, 1.82) is 0 Å². The van der Waals surface area contributed by atoms with Crippen LogP contribution in [-0.2, 0) is 11.2 Å². The second-order valence-corrected chi connectivity index (χ2v) is 4.89. The first-order chi connectivity index (χ1) is 10.1. The van der Waals surface area contributed by atoms with E-state index in [9.17, 15) is 4.79 Å². The zero-order chi connectivity index (χ0) is 15.0. The van der Waals surface area contributed by atoms with Crippen LogP contribution in [0.15, 0.2) is 24.3 Å². The van der Waals surface area contributed by atoms with Crippen LogP contribution in [0, 0.1) is 6.92 Å². The van der Waals surface area contributed by atoms with Gasteiger partial charge in [-0.1, -0.05) is 12.1 Å². The lowest BCUT2D eigenvalue weighted by Crippen LogP contribution is -2.03. The molecule has 0 amide bonds. The van der Waals surface area contributed by atoms with E-state index in [-0.39, 0.29) is 6.42 Å². The molecule has 3 aromatic rings. The van der Waals surface area contributed by atoms with Crippen molar-refractivity contribution in [1.82, 2.24) is 14.6 Å². The van der Waals surface area contributed by atoms with Gasteiger partial charge in [0.25, 0.3) is 0 Å². The number of aliphatic carboxylic acids is 1. The first-order valence-corrected chi connectivity index (χ1v) is 6.64. The number of carboxylic acid groups (broad SMARTS) is 1. The highest BCUT2D eigenvalue weighted by atomic mass is 16.5. The van der Waals surface area contributed by atoms with Gasteiger partial charge in [-0.25, -0.2) is 0 Å². The molecule has 0 unspecified atom stereocenters. The molecular weight excluding hydrogens is 270 g/mol. The molecule has 3 rings (SSSR count). The molecule has 0 fully saturated rings. The molecule has 0 radical (unpaired) electrons. The number of aromatic nitrogens is 3. The first-order valence-electron chi connectivity index (χ1n) is 6.64. The maximum atomic E-state index is 10.8. The van der Waals surface area contributed by atoms with E-state index < -0.39 is 5.97 Å². The molecule has 0 spiro atoms. The fourth-order valence-electron chi connectivity index (χ4n) is 2.56. The smallest absolute Gasteiger partial charge is 0.303 e. The van der Waals surface area contributed by atoms with Gasteiger partial charge >= 0.3 is 5.97 Å². The van der Waals surface area contributed by atoms with Crippen LogP contribution in [0.3, 0.4) is 0 Å². The molecule has 0 aliphatic heterocycles. The largest absolute Gasteiger partial charge is 0.495 e. The van der Waals surface area contributed by atoms with Gasteiger partial charge in [-0.2, -0.15) is 0 Å². The van der Waals surface area contributed by atoms with E-state index >= 15 is 0 Å². The van der Waals surface area contributed by atoms with E-state index in [1.54, 1.807) is 7.11 Å². The fourth-order valence-corrected chi connectivity index (χ4v) is 2.56. The number of hydrogen-bond acceptors (Lipinski definition) is 4. The molecule has 1 N–H and O–H groups in total. The number of fused-ring (bicyclic) bond motifs is 3. The number of nitrogens with zero attached hydrogens (tertiary/aromatic N) is 3. The Bertz CT molecular complexity index is 839. The Morgan fingerprint density at radius 3 is 2.90 bits per heavy atom. The minimum Gasteiger partial charge on any atom is -0.495 e. The van der Waals surface area contributed by atoms with Gasteiger partial charge in [0.15, 0.2) is 5.65 Å². The van der Waals surface area contributed by atoms with E-state index in [2.05, 4.69) is 10.2 Å². The summed E-state index contributed by atoms with van der Waals surface area (Å²) in [5.74, 6) is 0.495. The number of carbonyl (C=O) groups is 1. The molecule has 21 heavy (non-hydrogen) atoms. The Morgan fingerprint density at radius 2 is 2.19 bits per heavy atom. The number of carboxylic acids is 1. The summed E-state index contributed by atoms with van der Waals surface area (Å²) in [6.07, 6.45) is 0.345. The summed E-state index contributed by atoms with van der Waals surface area (Å²) in [6.45, 7) is 2.01. The Labute approximate surface area is 121 Å². The SMILES string of the molecule is COc1cccc2c(C)cc3nnc(CCC(=O)O)n3c12. The number of methoxy groups -OCH3 is 1. The van der Waals surface area contributed by atoms with Crippen molar-refractivity contribution in [3.8, 4) is 5.75 Å². The lowest BCUT2D eigenvalue weighted by Gasteiger charge is -2.11. The Hall–Kier alpha value is -2.63. The van der Waals surface area contributed by atoms with Crippen LogP contribution >= 0.6 is 0 Å². The quantitative estimate of drug-likeness (QED) is 0.795. The molecule has 0 bridgehead atoms. The van der Waals surface area contributed by atoms with Crippen molar-refractivity contribution in [3.63, 3.8) is 0 Å². The van der Waals surface area contributed by atoms with Crippen molar-refractivity contribution in [2.24, 2.45) is 0 Å². The minimum atomic E-state index is -0.852. The number of ether oxygens (including phenoxy) is 1. The van der Waals surface area contributed by atoms with Gasteiger partial charge in [0.2, 0.25) is 0 Å². The molecule has 0 aliphatic rings. The molecule has 0 saturated carbocycles. The van der Waals surface area contributed by atoms with Gasteiger partial charge in [0.05, 0.1) is 19.0 Å². The monoisotopic (exact) mass is 285 g/mol. The third-order valence-electron chi connectivity index (χ3n) is 3.53. The van der Waals surface area contributed by atoms with Crippen LogP contribution in [0.2, 0.25) is 0 Å². The predicted molar refractivity (Wildman–Crippen MR) is 77.7 cm³/mol. The maximum absolute atomic E-state index is 10.8. The molecule has 2 heterocycles. The molecule has 6 heteroatoms. The summed E-state index contributed by atoms with van der Waals surface area (Å²) in [5, 5.41) is 18.2. The van der Waals surface area contributed by atoms with Crippen molar-refractivity contribution in [3.05, 3.63) is 35.7 Å². The molecule has 0 atom stereocenters. The minimum absolute atomic E-state index is 0.0192. The number of hydrogen-bond donors (Lipinski definition) is 1. The molecule has 0 saturated heterocycles. The van der Waals surface area contributed by atoms with E-state index in [1.807, 2.05) is 35.6 Å². The summed E-state index contributed by atoms with van der Waals surface area (Å²) in [7, 11) is 1.62. The van der Waals surface area contributed by atoms with Crippen LogP contribution in [0.25, 0.3) is 16.6 Å². The summed E-state index contributed by atoms with van der Waals surface area (Å²) < 4.78 is 7.33. The Balaban J connectivity index is 2.33. The van der Waals surface area contributed by atoms with Gasteiger partial charge in [-0.3, -0.25) is 9.20 Å². The van der Waals surface area contributed by atoms with Crippen LogP contribution in [-0.4, -0.2) is 32.8 Å². The lowest BCUT2D eigenvalue weighted by molar-refractivity contribution is -0.137. The van der Waals surface area contributed by atoms with Gasteiger partial charge in [-0.05, 0) is 24.6 Å². The molecule has 2 aromatic heterocycles. The Kier molecular flexibility index (Phi) is 3.21. The van der Waals surface area contributed by atoms with Crippen LogP contribution in [0.5, 0.6) is 5.75 Å². The van der Waals surface area contributed by atoms with Crippen LogP contribution < -0.4 is 4.74 Å². The zero-order valence-corrected chi connectivity index (χ0v) is 11.8. The van der Waals surface area contributed by atoms with E-state index in [0.717, 1.165) is 22.2 Å². The van der Waals surface area contributed by atoms with Crippen LogP contribution in [0.4, 0.5) is 0 Å². The topological polar surface area (TPSA) is 76.7 Å². The van der Waals surface area contributed by atoms with Gasteiger partial charge in [0, 0.05) is 11.8 Å². The van der Waals surface area contributed by atoms with Crippen LogP contribution in [0.1, 0.15) is 17.8 Å². The van der Waals surface area contributed by atoms with Gasteiger partial charge < -0.3 is 9.84 Å². The van der Waals surface area contributed by atoms with Crippen molar-refractivity contribution in [2.75, 3.05) is 7.11 Å². The average molecular weight is 285 g/mol. The number of pyridine rings is 1. The molecule has 108 valence electrons. The summed E-state index contributed by atoms with van der Waals surface area (Å²) >= 11 is 0. The molecule has 1 aromatic carbocycles. The van der Waals surface area contributed by atoms with Crippen molar-refractivity contribution in [2.45, 2.75) is 19.8 Å². The standard InChI is InChI=1S/C15H15N3O3/c1-9-8-13-17-16-12(6-7-14(19)20)18(13)15-10(9)4-3-5-11(15)21-2/h3-5,8H,6-7H2,1-2H3,(H,19,20). The molecule has 6 nitrogen and oxygen atoms in total. The van der Waals surface area contributed by atoms with Gasteiger partial charge in [-0.15, -0.1) is 10.2 Å². The van der Waals surface area contributed by atoms with E-state index in [0.29, 0.717) is 17.9 Å². The summed E-state index contributed by atoms with van der Waals surface area (Å²) in [5.41, 5.74) is 2.65. The fraction of sp³-hybridized carbons (Fsp3) is 0.267. The molecule has 0 aliphatic carbocycles. The second kappa shape index (κ2) is 5.05. The Morgan fingerprint density at radius 1 is 1.38 bits per heavy atom. The predicted octanol–water partition coefficient (Wildman–Crippen LogP) is 2.22. The van der Waals surface area contributed by atoms with E-state index in [1.165, 1.54) is 0 Å². The van der Waals surface area contributed by atoms with Crippen molar-refractivity contribution >= 4 is 22.5 Å². The average Bonchev–Trinajstić information content (AvgIpc) is 2.87. The number of benzene rings is 1. The highest BCUT2D eigenvalue weighted by Crippen LogP contribution is 2.29. The highest BCUT2D eigenvalue weighted by molar-refractivity contribution is 5.90. The molecular formula is C15H15N3O3. The van der Waals surface area contributed by atoms with Crippen molar-refractivity contribution < 1.29 is 14.6 Å². The number of para-hydroxylation sites is 1. The summed E-state index contributed by atoms with van der Waals surface area (Å²) in [6, 6.07) is 7.76. The first kappa shape index (κ1) is 13.4. The number of aryl methyl sites for hydroxylation is 2. The third-order valence-corrected chi connectivity index (χ3v) is 3.53. The van der Waals surface area contributed by atoms with Gasteiger partial charge in [0.1, 0.15) is 11.6 Å². The third kappa shape index (κ3) is 2.18. The van der Waals surface area contributed by atoms with E-state index in [4.69, 9.17) is 9.84 Å². The maximum Gasteiger partial charge on any atom is 0.303 e. The summed E-state index contributed by atoms with van der Waals surface area (Å²) in [4.78, 5) is 10.8. The second-order valence-electron chi connectivity index (χ2n) is 4.89. The number of rotatable bonds is 4. The lowest BCUT2D eigenvalue weighted by atomic mass is 10.1. The zero-order valence-electron chi connectivity index (χ0n) is 11.8. The highest BCUT2D eigenvalue weighted by Gasteiger charge is 2.15.